The van der Waals surface area contributed by atoms with Crippen molar-refractivity contribution in [1.29, 1.82) is 0 Å². The standard InChI is InChI=1S/C10H17Si/c1-9(8-11(2)3)10-6-4-5-7-10/h4-6,9H,7-8H2,1-3H3. The third-order valence-corrected chi connectivity index (χ3v) is 3.58. The minimum absolute atomic E-state index is 0.0389. The molecule has 0 N–H and O–H groups in total. The zero-order valence-electron chi connectivity index (χ0n) is 7.72. The number of hydrogen-bond acceptors (Lipinski definition) is 0. The first-order chi connectivity index (χ1) is 5.20. The minimum atomic E-state index is -0.0389. The highest BCUT2D eigenvalue weighted by molar-refractivity contribution is 6.55. The van der Waals surface area contributed by atoms with Gasteiger partial charge >= 0.3 is 0 Å². The molecule has 61 valence electrons. The van der Waals surface area contributed by atoms with Crippen molar-refractivity contribution in [3.63, 3.8) is 0 Å². The topological polar surface area (TPSA) is 0 Å². The van der Waals surface area contributed by atoms with Gasteiger partial charge in [-0.25, -0.2) is 0 Å². The third-order valence-electron chi connectivity index (χ3n) is 2.15. The maximum atomic E-state index is 2.39. The quantitative estimate of drug-likeness (QED) is 0.563. The lowest BCUT2D eigenvalue weighted by Crippen LogP contribution is -2.08. The van der Waals surface area contributed by atoms with Gasteiger partial charge in [-0.2, -0.15) is 0 Å². The Labute approximate surface area is 71.6 Å². The summed E-state index contributed by atoms with van der Waals surface area (Å²) < 4.78 is 0. The zero-order chi connectivity index (χ0) is 8.27. The van der Waals surface area contributed by atoms with Crippen LogP contribution in [-0.4, -0.2) is 8.80 Å². The predicted octanol–water partition coefficient (Wildman–Crippen LogP) is 3.26. The van der Waals surface area contributed by atoms with E-state index in [-0.39, 0.29) is 8.80 Å². The van der Waals surface area contributed by atoms with Crippen LogP contribution < -0.4 is 0 Å². The molecule has 0 saturated heterocycles. The molecule has 0 aliphatic heterocycles. The molecule has 1 rings (SSSR count). The van der Waals surface area contributed by atoms with E-state index in [1.807, 2.05) is 0 Å². The first kappa shape index (κ1) is 8.79. The van der Waals surface area contributed by atoms with Crippen molar-refractivity contribution < 1.29 is 0 Å². The molecule has 1 aliphatic rings. The van der Waals surface area contributed by atoms with Gasteiger partial charge in [0.05, 0.1) is 0 Å². The van der Waals surface area contributed by atoms with Crippen LogP contribution in [0.1, 0.15) is 13.3 Å². The molecule has 1 unspecified atom stereocenters. The van der Waals surface area contributed by atoms with Crippen molar-refractivity contribution in [2.24, 2.45) is 5.92 Å². The van der Waals surface area contributed by atoms with E-state index in [9.17, 15) is 0 Å². The number of allylic oxidation sites excluding steroid dienone is 4. The van der Waals surface area contributed by atoms with E-state index in [4.69, 9.17) is 0 Å². The molecule has 0 aromatic rings. The van der Waals surface area contributed by atoms with Crippen LogP contribution in [0.4, 0.5) is 0 Å². The van der Waals surface area contributed by atoms with E-state index < -0.39 is 0 Å². The molecule has 0 aromatic carbocycles. The van der Waals surface area contributed by atoms with Gasteiger partial charge in [0.1, 0.15) is 0 Å². The Morgan fingerprint density at radius 1 is 1.55 bits per heavy atom. The fourth-order valence-electron chi connectivity index (χ4n) is 1.57. The molecule has 0 spiro atoms. The summed E-state index contributed by atoms with van der Waals surface area (Å²) in [6, 6.07) is 1.43. The average Bonchev–Trinajstić information content (AvgIpc) is 2.35. The van der Waals surface area contributed by atoms with E-state index in [1.165, 1.54) is 12.5 Å². The van der Waals surface area contributed by atoms with E-state index in [0.717, 1.165) is 5.92 Å². The molecule has 0 heterocycles. The summed E-state index contributed by atoms with van der Waals surface area (Å²) in [5, 5.41) is 0. The van der Waals surface area contributed by atoms with Crippen molar-refractivity contribution in [1.82, 2.24) is 0 Å². The summed E-state index contributed by atoms with van der Waals surface area (Å²) in [7, 11) is -0.0389. The summed E-state index contributed by atoms with van der Waals surface area (Å²) in [6.45, 7) is 7.14. The normalized spacial score (nSPS) is 19.1. The van der Waals surface area contributed by atoms with Gasteiger partial charge < -0.3 is 0 Å². The molecular formula is C10H17Si. The highest BCUT2D eigenvalue weighted by atomic mass is 28.3. The summed E-state index contributed by atoms with van der Waals surface area (Å²) in [4.78, 5) is 0. The molecule has 0 amide bonds. The van der Waals surface area contributed by atoms with Gasteiger partial charge in [0.15, 0.2) is 0 Å². The molecule has 1 heteroatoms. The highest BCUT2D eigenvalue weighted by Gasteiger charge is 2.11. The highest BCUT2D eigenvalue weighted by Crippen LogP contribution is 2.23. The van der Waals surface area contributed by atoms with Crippen LogP contribution in [0, 0.1) is 5.92 Å². The second-order valence-corrected chi connectivity index (χ2v) is 6.51. The van der Waals surface area contributed by atoms with E-state index in [1.54, 1.807) is 5.57 Å². The summed E-state index contributed by atoms with van der Waals surface area (Å²) >= 11 is 0. The van der Waals surface area contributed by atoms with Crippen molar-refractivity contribution in [2.75, 3.05) is 0 Å². The second kappa shape index (κ2) is 3.91. The maximum Gasteiger partial charge on any atom is 0.0418 e. The monoisotopic (exact) mass is 165 g/mol. The fraction of sp³-hybridized carbons (Fsp3) is 0.600. The van der Waals surface area contributed by atoms with Crippen molar-refractivity contribution in [2.45, 2.75) is 32.5 Å². The van der Waals surface area contributed by atoms with Gasteiger partial charge in [-0.05, 0) is 12.3 Å². The van der Waals surface area contributed by atoms with Crippen LogP contribution in [0.3, 0.4) is 0 Å². The molecule has 1 radical (unpaired) electrons. The molecule has 0 fully saturated rings. The Balaban J connectivity index is 2.36. The SMILES string of the molecule is CC(C[Si](C)C)C1=CC=CC1. The molecule has 0 nitrogen and oxygen atoms in total. The van der Waals surface area contributed by atoms with Gasteiger partial charge in [0.2, 0.25) is 0 Å². The van der Waals surface area contributed by atoms with Crippen LogP contribution in [0.25, 0.3) is 0 Å². The Morgan fingerprint density at radius 2 is 2.27 bits per heavy atom. The summed E-state index contributed by atoms with van der Waals surface area (Å²) in [5.41, 5.74) is 1.64. The molecule has 1 atom stereocenters. The van der Waals surface area contributed by atoms with Crippen LogP contribution in [0.15, 0.2) is 23.8 Å². The first-order valence-corrected chi connectivity index (χ1v) is 7.05. The Hall–Kier alpha value is -0.303. The van der Waals surface area contributed by atoms with Crippen LogP contribution >= 0.6 is 0 Å². The molecular weight excluding hydrogens is 148 g/mol. The smallest absolute Gasteiger partial charge is 0.0418 e. The number of rotatable bonds is 3. The molecule has 0 bridgehead atoms. The Morgan fingerprint density at radius 3 is 2.73 bits per heavy atom. The van der Waals surface area contributed by atoms with Gasteiger partial charge in [-0.3, -0.25) is 0 Å². The van der Waals surface area contributed by atoms with Crippen LogP contribution in [0.5, 0.6) is 0 Å². The molecule has 1 aliphatic carbocycles. The lowest BCUT2D eigenvalue weighted by atomic mass is 10.0. The predicted molar refractivity (Wildman–Crippen MR) is 53.3 cm³/mol. The summed E-state index contributed by atoms with van der Waals surface area (Å²) in [5.74, 6) is 0.828. The van der Waals surface area contributed by atoms with E-state index in [2.05, 4.69) is 38.2 Å². The molecule has 0 saturated carbocycles. The lowest BCUT2D eigenvalue weighted by molar-refractivity contribution is 0.744. The van der Waals surface area contributed by atoms with Crippen molar-refractivity contribution >= 4 is 8.80 Å². The molecule has 0 aromatic heterocycles. The zero-order valence-corrected chi connectivity index (χ0v) is 8.72. The molecule has 11 heavy (non-hydrogen) atoms. The van der Waals surface area contributed by atoms with Gasteiger partial charge in [-0.1, -0.05) is 49.9 Å². The van der Waals surface area contributed by atoms with Crippen LogP contribution in [0.2, 0.25) is 19.1 Å². The Kier molecular flexibility index (Phi) is 3.12. The van der Waals surface area contributed by atoms with Gasteiger partial charge in [0.25, 0.3) is 0 Å². The maximum absolute atomic E-state index is 2.39. The number of hydrogen-bond donors (Lipinski definition) is 0. The largest absolute Gasteiger partial charge is 0.0805 e. The van der Waals surface area contributed by atoms with Crippen molar-refractivity contribution in [3.8, 4) is 0 Å². The first-order valence-electron chi connectivity index (χ1n) is 4.34. The third kappa shape index (κ3) is 2.66. The van der Waals surface area contributed by atoms with Gasteiger partial charge in [-0.15, -0.1) is 0 Å². The van der Waals surface area contributed by atoms with Crippen LogP contribution in [-0.2, 0) is 0 Å². The fourth-order valence-corrected chi connectivity index (χ4v) is 3.06. The second-order valence-electron chi connectivity index (χ2n) is 3.69. The van der Waals surface area contributed by atoms with Gasteiger partial charge in [0, 0.05) is 8.80 Å². The van der Waals surface area contributed by atoms with Crippen molar-refractivity contribution in [3.05, 3.63) is 23.8 Å². The van der Waals surface area contributed by atoms with E-state index >= 15 is 0 Å². The summed E-state index contributed by atoms with van der Waals surface area (Å²) in [6.07, 6.45) is 7.93. The lowest BCUT2D eigenvalue weighted by Gasteiger charge is -2.13. The van der Waals surface area contributed by atoms with E-state index in [0.29, 0.717) is 0 Å². The average molecular weight is 165 g/mol. The Bertz CT molecular complexity index is 177. The minimum Gasteiger partial charge on any atom is -0.0805 e.